The van der Waals surface area contributed by atoms with Crippen LogP contribution in [0.5, 0.6) is 0 Å². The van der Waals surface area contributed by atoms with E-state index in [1.807, 2.05) is 0 Å². The maximum absolute atomic E-state index is 12.0. The Balaban J connectivity index is 2.11. The van der Waals surface area contributed by atoms with E-state index < -0.39 is 0 Å². The molecule has 0 aliphatic rings. The molecule has 0 aliphatic heterocycles. The van der Waals surface area contributed by atoms with Gasteiger partial charge in [0.2, 0.25) is 0 Å². The largest absolute Gasteiger partial charge is 0.459 e. The van der Waals surface area contributed by atoms with E-state index in [1.165, 1.54) is 6.26 Å². The van der Waals surface area contributed by atoms with E-state index in [-0.39, 0.29) is 18.3 Å². The lowest BCUT2D eigenvalue weighted by Crippen LogP contribution is -2.13. The monoisotopic (exact) mass is 270 g/mol. The molecular weight excluding hydrogens is 256 g/mol. The van der Waals surface area contributed by atoms with E-state index in [4.69, 9.17) is 9.52 Å². The molecule has 2 N–H and O–H groups in total. The molecule has 2 heterocycles. The number of carbonyl (C=O) groups is 1. The number of hydrogen-bond donors (Lipinski definition) is 2. The predicted molar refractivity (Wildman–Crippen MR) is 74.2 cm³/mol. The molecule has 0 spiro atoms. The highest BCUT2D eigenvalue weighted by molar-refractivity contribution is 6.02. The number of hydrogen-bond acceptors (Lipinski definition) is 4. The summed E-state index contributed by atoms with van der Waals surface area (Å²) in [5.41, 5.74) is 1.49. The van der Waals surface area contributed by atoms with Gasteiger partial charge in [0, 0.05) is 23.7 Å². The van der Waals surface area contributed by atoms with Gasteiger partial charge in [0.25, 0.3) is 5.91 Å². The minimum absolute atomic E-state index is 0.0272. The van der Waals surface area contributed by atoms with Crippen molar-refractivity contribution in [1.29, 1.82) is 0 Å². The van der Waals surface area contributed by atoms with Crippen molar-refractivity contribution in [2.45, 2.75) is 13.3 Å². The van der Waals surface area contributed by atoms with Crippen LogP contribution in [-0.4, -0.2) is 22.6 Å². The van der Waals surface area contributed by atoms with Crippen LogP contribution in [0, 0.1) is 18.8 Å². The summed E-state index contributed by atoms with van der Waals surface area (Å²) < 4.78 is 5.11. The third-order valence-corrected chi connectivity index (χ3v) is 2.54. The van der Waals surface area contributed by atoms with E-state index in [0.717, 1.165) is 11.1 Å². The number of carbonyl (C=O) groups excluding carboxylic acids is 1. The fourth-order valence-electron chi connectivity index (χ4n) is 1.58. The van der Waals surface area contributed by atoms with Gasteiger partial charge in [0.05, 0.1) is 12.9 Å². The summed E-state index contributed by atoms with van der Waals surface area (Å²) >= 11 is 0. The normalized spacial score (nSPS) is 9.70. The molecule has 0 saturated heterocycles. The minimum Gasteiger partial charge on any atom is -0.459 e. The quantitative estimate of drug-likeness (QED) is 0.836. The van der Waals surface area contributed by atoms with Crippen LogP contribution in [0.3, 0.4) is 0 Å². The molecule has 0 fully saturated rings. The van der Waals surface area contributed by atoms with Gasteiger partial charge in [-0.2, -0.15) is 0 Å². The predicted octanol–water partition coefficient (Wildman–Crippen LogP) is 1.97. The second-order valence-electron chi connectivity index (χ2n) is 4.09. The summed E-state index contributed by atoms with van der Waals surface area (Å²) in [7, 11) is 0. The van der Waals surface area contributed by atoms with Crippen LogP contribution < -0.4 is 5.32 Å². The molecule has 102 valence electrons. The number of furan rings is 1. The highest BCUT2D eigenvalue weighted by atomic mass is 16.3. The minimum atomic E-state index is -0.347. The number of amides is 1. The van der Waals surface area contributed by atoms with Gasteiger partial charge in [-0.25, -0.2) is 4.98 Å². The molecule has 5 nitrogen and oxygen atoms in total. The number of rotatable bonds is 3. The highest BCUT2D eigenvalue weighted by Crippen LogP contribution is 2.12. The van der Waals surface area contributed by atoms with Crippen molar-refractivity contribution < 1.29 is 14.3 Å². The van der Waals surface area contributed by atoms with Gasteiger partial charge in [-0.3, -0.25) is 4.79 Å². The third kappa shape index (κ3) is 3.46. The van der Waals surface area contributed by atoms with Gasteiger partial charge in [0.15, 0.2) is 5.76 Å². The number of aliphatic hydroxyl groups is 1. The van der Waals surface area contributed by atoms with Crippen molar-refractivity contribution in [2.75, 3.05) is 11.9 Å². The summed E-state index contributed by atoms with van der Waals surface area (Å²) in [5.74, 6) is 6.01. The molecule has 0 aliphatic carbocycles. The lowest BCUT2D eigenvalue weighted by molar-refractivity contribution is 0.0995. The second-order valence-corrected chi connectivity index (χ2v) is 4.09. The molecule has 0 atom stereocenters. The maximum Gasteiger partial charge on any atom is 0.292 e. The second kappa shape index (κ2) is 6.55. The van der Waals surface area contributed by atoms with Crippen LogP contribution in [0.15, 0.2) is 35.1 Å². The Morgan fingerprint density at radius 3 is 3.05 bits per heavy atom. The number of anilines is 1. The fraction of sp³-hybridized carbons (Fsp3) is 0.200. The number of aryl methyl sites for hydroxylation is 1. The molecule has 20 heavy (non-hydrogen) atoms. The van der Waals surface area contributed by atoms with Crippen molar-refractivity contribution in [1.82, 2.24) is 4.98 Å². The number of aliphatic hydroxyl groups excluding tert-OH is 1. The molecule has 2 rings (SSSR count). The Hall–Kier alpha value is -2.58. The average molecular weight is 270 g/mol. The standard InChI is InChI=1S/C15H14N2O3/c1-11-6-9-20-14(11)15(19)17-13-10-12(5-7-16-13)4-2-3-8-18/h5-7,9-10,18H,3,8H2,1H3,(H,16,17,19). The fourth-order valence-corrected chi connectivity index (χ4v) is 1.58. The molecule has 2 aromatic heterocycles. The van der Waals surface area contributed by atoms with E-state index in [2.05, 4.69) is 22.1 Å². The molecular formula is C15H14N2O3. The first kappa shape index (κ1) is 13.8. The molecule has 0 unspecified atom stereocenters. The summed E-state index contributed by atoms with van der Waals surface area (Å²) in [4.78, 5) is 16.0. The summed E-state index contributed by atoms with van der Waals surface area (Å²) in [5, 5.41) is 11.3. The van der Waals surface area contributed by atoms with Crippen molar-refractivity contribution in [3.8, 4) is 11.8 Å². The smallest absolute Gasteiger partial charge is 0.292 e. The van der Waals surface area contributed by atoms with Gasteiger partial charge < -0.3 is 14.8 Å². The Morgan fingerprint density at radius 1 is 1.50 bits per heavy atom. The van der Waals surface area contributed by atoms with Gasteiger partial charge in [-0.15, -0.1) is 0 Å². The highest BCUT2D eigenvalue weighted by Gasteiger charge is 2.13. The Morgan fingerprint density at radius 2 is 2.35 bits per heavy atom. The zero-order chi connectivity index (χ0) is 14.4. The average Bonchev–Trinajstić information content (AvgIpc) is 2.86. The molecule has 0 saturated carbocycles. The van der Waals surface area contributed by atoms with Crippen molar-refractivity contribution >= 4 is 11.7 Å². The molecule has 0 radical (unpaired) electrons. The van der Waals surface area contributed by atoms with E-state index in [0.29, 0.717) is 12.2 Å². The molecule has 0 bridgehead atoms. The Labute approximate surface area is 116 Å². The lowest BCUT2D eigenvalue weighted by Gasteiger charge is -2.03. The third-order valence-electron chi connectivity index (χ3n) is 2.54. The van der Waals surface area contributed by atoms with Gasteiger partial charge >= 0.3 is 0 Å². The maximum atomic E-state index is 12.0. The lowest BCUT2D eigenvalue weighted by atomic mass is 10.2. The number of nitrogens with zero attached hydrogens (tertiary/aromatic N) is 1. The van der Waals surface area contributed by atoms with Crippen LogP contribution >= 0.6 is 0 Å². The first-order valence-electron chi connectivity index (χ1n) is 6.12. The van der Waals surface area contributed by atoms with E-state index >= 15 is 0 Å². The van der Waals surface area contributed by atoms with Gasteiger partial charge in [0.1, 0.15) is 5.82 Å². The van der Waals surface area contributed by atoms with Crippen molar-refractivity contribution in [3.05, 3.63) is 47.5 Å². The number of aromatic nitrogens is 1. The first-order valence-corrected chi connectivity index (χ1v) is 6.12. The Kier molecular flexibility index (Phi) is 4.53. The van der Waals surface area contributed by atoms with Crippen molar-refractivity contribution in [3.63, 3.8) is 0 Å². The van der Waals surface area contributed by atoms with Crippen molar-refractivity contribution in [2.24, 2.45) is 0 Å². The van der Waals surface area contributed by atoms with E-state index in [1.54, 1.807) is 31.3 Å². The van der Waals surface area contributed by atoms with E-state index in [9.17, 15) is 4.79 Å². The summed E-state index contributed by atoms with van der Waals surface area (Å²) in [6.45, 7) is 1.82. The zero-order valence-corrected chi connectivity index (χ0v) is 11.0. The molecule has 1 amide bonds. The topological polar surface area (TPSA) is 75.4 Å². The molecule has 5 heteroatoms. The van der Waals surface area contributed by atoms with Gasteiger partial charge in [-0.05, 0) is 25.1 Å². The van der Waals surface area contributed by atoms with Crippen LogP contribution in [0.2, 0.25) is 0 Å². The summed E-state index contributed by atoms with van der Waals surface area (Å²) in [6.07, 6.45) is 3.44. The van der Waals surface area contributed by atoms with Crippen LogP contribution in [0.1, 0.15) is 28.1 Å². The molecule has 0 aromatic carbocycles. The number of pyridine rings is 1. The van der Waals surface area contributed by atoms with Crippen LogP contribution in [0.25, 0.3) is 0 Å². The SMILES string of the molecule is Cc1ccoc1C(=O)Nc1cc(C#CCCO)ccn1. The van der Waals surface area contributed by atoms with Crippen LogP contribution in [-0.2, 0) is 0 Å². The van der Waals surface area contributed by atoms with Gasteiger partial charge in [-0.1, -0.05) is 11.8 Å². The summed E-state index contributed by atoms with van der Waals surface area (Å²) in [6, 6.07) is 5.12. The number of nitrogens with one attached hydrogen (secondary N) is 1. The zero-order valence-electron chi connectivity index (χ0n) is 11.0. The first-order chi connectivity index (χ1) is 9.70. The molecule has 2 aromatic rings. The Bertz CT molecular complexity index is 665. The van der Waals surface area contributed by atoms with Crippen LogP contribution in [0.4, 0.5) is 5.82 Å².